The Balaban J connectivity index is 2.95. The van der Waals surface area contributed by atoms with Crippen molar-refractivity contribution < 1.29 is 4.43 Å². The molecule has 19 heavy (non-hydrogen) atoms. The van der Waals surface area contributed by atoms with Gasteiger partial charge in [0.05, 0.1) is 13.2 Å². The highest BCUT2D eigenvalue weighted by atomic mass is 127. The average Bonchev–Trinajstić information content (AvgIpc) is 2.30. The lowest BCUT2D eigenvalue weighted by Gasteiger charge is -2.55. The van der Waals surface area contributed by atoms with E-state index in [9.17, 15) is 0 Å². The van der Waals surface area contributed by atoms with Crippen LogP contribution in [-0.4, -0.2) is 38.0 Å². The van der Waals surface area contributed by atoms with E-state index >= 15 is 0 Å². The highest BCUT2D eigenvalue weighted by Gasteiger charge is 2.56. The predicted molar refractivity (Wildman–Crippen MR) is 98.0 cm³/mol. The highest BCUT2D eigenvalue weighted by Crippen LogP contribution is 2.46. The van der Waals surface area contributed by atoms with Crippen LogP contribution in [-0.2, 0) is 4.43 Å². The summed E-state index contributed by atoms with van der Waals surface area (Å²) in [5.41, 5.74) is 11.5. The maximum atomic E-state index is 6.88. The van der Waals surface area contributed by atoms with Gasteiger partial charge < -0.3 is 15.9 Å². The van der Waals surface area contributed by atoms with Crippen LogP contribution >= 0.6 is 22.6 Å². The average molecular weight is 414 g/mol. The van der Waals surface area contributed by atoms with Crippen LogP contribution in [0.3, 0.4) is 0 Å². The van der Waals surface area contributed by atoms with Crippen molar-refractivity contribution in [2.24, 2.45) is 11.5 Å². The Morgan fingerprint density at radius 2 is 1.58 bits per heavy atom. The molecule has 1 aliphatic heterocycles. The van der Waals surface area contributed by atoms with Gasteiger partial charge in [0.1, 0.15) is 0 Å². The molecule has 0 saturated carbocycles. The second-order valence-corrected chi connectivity index (χ2v) is 23.6. The van der Waals surface area contributed by atoms with Crippen molar-refractivity contribution in [2.75, 3.05) is 13.1 Å². The number of rotatable bonds is 6. The lowest BCUT2D eigenvalue weighted by atomic mass is 9.89. The fraction of sp³-hybridized carbons (Fsp3) is 1.00. The van der Waals surface area contributed by atoms with Crippen LogP contribution in [0.5, 0.6) is 0 Å². The molecule has 0 aromatic heterocycles. The SMILES string of the molecule is C[Si]1(C)CC(I)C(CCCN)(CCCN)O[Si]1(C)C. The minimum absolute atomic E-state index is 0.0531. The Morgan fingerprint density at radius 3 is 2.00 bits per heavy atom. The minimum atomic E-state index is -1.54. The molecule has 6 heteroatoms. The molecule has 3 nitrogen and oxygen atoms in total. The molecule has 4 N–H and O–H groups in total. The summed E-state index contributed by atoms with van der Waals surface area (Å²) in [7, 11) is -2.74. The fourth-order valence-electron chi connectivity index (χ4n) is 2.93. The van der Waals surface area contributed by atoms with E-state index < -0.39 is 15.4 Å². The standard InChI is InChI=1S/C13H31IN2OSi2/c1-18(2)11-12(14)13(7-5-9-15,8-6-10-16)17-19(18,3)4/h12H,5-11,15-16H2,1-4H3. The van der Waals surface area contributed by atoms with Crippen molar-refractivity contribution in [3.8, 4) is 0 Å². The first-order valence-electron chi connectivity index (χ1n) is 7.45. The van der Waals surface area contributed by atoms with Gasteiger partial charge in [-0.3, -0.25) is 0 Å². The molecule has 0 aromatic carbocycles. The molecule has 0 bridgehead atoms. The first kappa shape index (κ1) is 18.1. The molecule has 1 unspecified atom stereocenters. The monoisotopic (exact) mass is 414 g/mol. The number of nitrogens with two attached hydrogens (primary N) is 2. The molecule has 1 fully saturated rings. The third-order valence-corrected chi connectivity index (χ3v) is 23.7. The molecule has 0 spiro atoms. The zero-order valence-electron chi connectivity index (χ0n) is 13.0. The summed E-state index contributed by atoms with van der Waals surface area (Å²) in [4.78, 5) is 0. The topological polar surface area (TPSA) is 61.3 Å². The van der Waals surface area contributed by atoms with Gasteiger partial charge in [0.2, 0.25) is 0 Å². The third kappa shape index (κ3) is 4.03. The van der Waals surface area contributed by atoms with Gasteiger partial charge in [-0.1, -0.05) is 35.7 Å². The van der Waals surface area contributed by atoms with E-state index in [0.29, 0.717) is 3.92 Å². The zero-order chi connectivity index (χ0) is 14.7. The summed E-state index contributed by atoms with van der Waals surface area (Å²) in [6.45, 7) is 11.4. The van der Waals surface area contributed by atoms with E-state index in [2.05, 4.69) is 48.8 Å². The Labute approximate surface area is 134 Å². The molecular formula is C13H31IN2OSi2. The second kappa shape index (κ2) is 6.87. The number of alkyl halides is 1. The van der Waals surface area contributed by atoms with Gasteiger partial charge in [-0.2, -0.15) is 0 Å². The minimum Gasteiger partial charge on any atom is -0.414 e. The van der Waals surface area contributed by atoms with Gasteiger partial charge >= 0.3 is 0 Å². The van der Waals surface area contributed by atoms with E-state index in [4.69, 9.17) is 15.9 Å². The Kier molecular flexibility index (Phi) is 6.54. The lowest BCUT2D eigenvalue weighted by molar-refractivity contribution is 0.0426. The molecular weight excluding hydrogens is 383 g/mol. The third-order valence-electron chi connectivity index (χ3n) is 4.96. The van der Waals surface area contributed by atoms with Crippen molar-refractivity contribution >= 4 is 38.0 Å². The van der Waals surface area contributed by atoms with E-state index in [-0.39, 0.29) is 5.60 Å². The summed E-state index contributed by atoms with van der Waals surface area (Å²) < 4.78 is 7.51. The van der Waals surface area contributed by atoms with Crippen LogP contribution in [0.15, 0.2) is 0 Å². The molecule has 0 radical (unpaired) electrons. The molecule has 1 atom stereocenters. The molecule has 0 aromatic rings. The summed E-state index contributed by atoms with van der Waals surface area (Å²) in [5, 5.41) is 0. The summed E-state index contributed by atoms with van der Waals surface area (Å²) in [6.07, 6.45) is 4.35. The second-order valence-electron chi connectivity index (χ2n) is 7.02. The van der Waals surface area contributed by atoms with E-state index in [1.807, 2.05) is 0 Å². The zero-order valence-corrected chi connectivity index (χ0v) is 17.1. The molecule has 0 aliphatic carbocycles. The predicted octanol–water partition coefficient (Wildman–Crippen LogP) is 3.03. The van der Waals surface area contributed by atoms with E-state index in [0.717, 1.165) is 38.8 Å². The van der Waals surface area contributed by atoms with Crippen molar-refractivity contribution in [3.63, 3.8) is 0 Å². The van der Waals surface area contributed by atoms with Crippen LogP contribution < -0.4 is 11.5 Å². The maximum absolute atomic E-state index is 6.88. The van der Waals surface area contributed by atoms with Gasteiger partial charge in [0.15, 0.2) is 7.83 Å². The molecule has 1 heterocycles. The van der Waals surface area contributed by atoms with Crippen LogP contribution in [0.25, 0.3) is 0 Å². The summed E-state index contributed by atoms with van der Waals surface area (Å²) in [5.74, 6) is 0. The van der Waals surface area contributed by atoms with Gasteiger partial charge in [0.25, 0.3) is 0 Å². The van der Waals surface area contributed by atoms with Crippen LogP contribution in [0, 0.1) is 0 Å². The number of hydrogen-bond donors (Lipinski definition) is 2. The van der Waals surface area contributed by atoms with Crippen molar-refractivity contribution in [1.82, 2.24) is 0 Å². The van der Waals surface area contributed by atoms with Gasteiger partial charge in [0, 0.05) is 3.92 Å². The number of hydrogen-bond acceptors (Lipinski definition) is 3. The summed E-state index contributed by atoms with van der Waals surface area (Å²) in [6, 6.07) is 1.39. The van der Waals surface area contributed by atoms with E-state index in [1.165, 1.54) is 6.04 Å². The largest absolute Gasteiger partial charge is 0.414 e. The number of halogens is 1. The van der Waals surface area contributed by atoms with E-state index in [1.54, 1.807) is 0 Å². The molecule has 1 saturated heterocycles. The Bertz CT molecular complexity index is 292. The quantitative estimate of drug-likeness (QED) is 0.399. The smallest absolute Gasteiger partial charge is 0.174 e. The first-order chi connectivity index (χ1) is 8.71. The molecule has 1 aliphatic rings. The first-order valence-corrected chi connectivity index (χ1v) is 15.8. The van der Waals surface area contributed by atoms with Gasteiger partial charge in [-0.15, -0.1) is 0 Å². The Morgan fingerprint density at radius 1 is 1.11 bits per heavy atom. The van der Waals surface area contributed by atoms with Crippen LogP contribution in [0.2, 0.25) is 32.2 Å². The van der Waals surface area contributed by atoms with Gasteiger partial charge in [-0.25, -0.2) is 0 Å². The van der Waals surface area contributed by atoms with Crippen molar-refractivity contribution in [2.45, 2.75) is 67.4 Å². The molecule has 114 valence electrons. The highest BCUT2D eigenvalue weighted by molar-refractivity contribution is 14.1. The van der Waals surface area contributed by atoms with Crippen LogP contribution in [0.1, 0.15) is 25.7 Å². The molecule has 1 rings (SSSR count). The van der Waals surface area contributed by atoms with Crippen molar-refractivity contribution in [1.29, 1.82) is 0 Å². The summed E-state index contributed by atoms with van der Waals surface area (Å²) >= 11 is 2.64. The van der Waals surface area contributed by atoms with Gasteiger partial charge in [-0.05, 0) is 57.9 Å². The fourth-order valence-corrected chi connectivity index (χ4v) is 15.4. The maximum Gasteiger partial charge on any atom is 0.174 e. The lowest BCUT2D eigenvalue weighted by Crippen LogP contribution is -2.69. The van der Waals surface area contributed by atoms with Crippen LogP contribution in [0.4, 0.5) is 0 Å². The Hall–Kier alpha value is 1.04. The normalized spacial score (nSPS) is 28.3. The molecule has 0 amide bonds. The van der Waals surface area contributed by atoms with Crippen molar-refractivity contribution in [3.05, 3.63) is 0 Å².